The fraction of sp³-hybridized carbons (Fsp3) is 0.875. The molecule has 0 fully saturated rings. The Morgan fingerprint density at radius 3 is 2.22 bits per heavy atom. The second-order valence-corrected chi connectivity index (χ2v) is 2.84. The Balaban J connectivity index is 3.16. The molecule has 1 nitrogen and oxygen atoms in total. The minimum atomic E-state index is 0.631. The van der Waals surface area contributed by atoms with Crippen LogP contribution < -0.4 is 5.32 Å². The highest BCUT2D eigenvalue weighted by molar-refractivity contribution is 4.63. The lowest BCUT2D eigenvalue weighted by molar-refractivity contribution is 0.431. The highest BCUT2D eigenvalue weighted by Gasteiger charge is 2.03. The maximum absolute atomic E-state index is 3.75. The molecule has 1 radical (unpaired) electrons. The Morgan fingerprint density at radius 1 is 1.33 bits per heavy atom. The van der Waals surface area contributed by atoms with Crippen LogP contribution in [-0.2, 0) is 0 Å². The summed E-state index contributed by atoms with van der Waals surface area (Å²) in [4.78, 5) is 0. The van der Waals surface area contributed by atoms with Crippen molar-refractivity contribution in [1.29, 1.82) is 0 Å². The fourth-order valence-corrected chi connectivity index (χ4v) is 0.565. The van der Waals surface area contributed by atoms with Crippen LogP contribution in [0.15, 0.2) is 0 Å². The maximum atomic E-state index is 3.75. The van der Waals surface area contributed by atoms with E-state index in [1.807, 2.05) is 0 Å². The van der Waals surface area contributed by atoms with Gasteiger partial charge in [-0.1, -0.05) is 20.8 Å². The second-order valence-electron chi connectivity index (χ2n) is 2.84. The van der Waals surface area contributed by atoms with E-state index in [0.29, 0.717) is 6.04 Å². The maximum Gasteiger partial charge on any atom is 0.00617 e. The fourth-order valence-electron chi connectivity index (χ4n) is 0.565. The molecule has 1 N–H and O–H groups in total. The van der Waals surface area contributed by atoms with Gasteiger partial charge in [0, 0.05) is 6.04 Å². The minimum Gasteiger partial charge on any atom is -0.314 e. The van der Waals surface area contributed by atoms with E-state index >= 15 is 0 Å². The van der Waals surface area contributed by atoms with Crippen LogP contribution >= 0.6 is 0 Å². The quantitative estimate of drug-likeness (QED) is 0.609. The van der Waals surface area contributed by atoms with E-state index in [4.69, 9.17) is 0 Å². The van der Waals surface area contributed by atoms with Gasteiger partial charge < -0.3 is 5.32 Å². The first-order valence-electron chi connectivity index (χ1n) is 3.71. The predicted molar refractivity (Wildman–Crippen MR) is 42.3 cm³/mol. The first kappa shape index (κ1) is 8.96. The molecular weight excluding hydrogens is 110 g/mol. The molecule has 0 rings (SSSR count). The molecule has 9 heavy (non-hydrogen) atoms. The molecule has 0 aromatic carbocycles. The van der Waals surface area contributed by atoms with Crippen molar-refractivity contribution in [3.63, 3.8) is 0 Å². The summed E-state index contributed by atoms with van der Waals surface area (Å²) in [6, 6.07) is 0.631. The number of hydrogen-bond donors (Lipinski definition) is 1. The summed E-state index contributed by atoms with van der Waals surface area (Å²) in [5.41, 5.74) is 0. The SMILES string of the molecule is [CH2]CCNC(C)C(C)C. The smallest absolute Gasteiger partial charge is 0.00617 e. The standard InChI is InChI=1S/C8H18N/c1-5-6-9-8(4)7(2)3/h7-9H,1,5-6H2,2-4H3. The van der Waals surface area contributed by atoms with Crippen LogP contribution in [0, 0.1) is 12.8 Å². The molecule has 1 heteroatoms. The van der Waals surface area contributed by atoms with Crippen molar-refractivity contribution in [2.24, 2.45) is 5.92 Å². The van der Waals surface area contributed by atoms with Crippen molar-refractivity contribution < 1.29 is 0 Å². The van der Waals surface area contributed by atoms with Gasteiger partial charge in [-0.25, -0.2) is 0 Å². The molecule has 0 aliphatic rings. The van der Waals surface area contributed by atoms with Gasteiger partial charge in [0.05, 0.1) is 0 Å². The topological polar surface area (TPSA) is 12.0 Å². The van der Waals surface area contributed by atoms with Crippen molar-refractivity contribution in [3.8, 4) is 0 Å². The summed E-state index contributed by atoms with van der Waals surface area (Å²) >= 11 is 0. The third kappa shape index (κ3) is 4.46. The van der Waals surface area contributed by atoms with Crippen LogP contribution in [0.4, 0.5) is 0 Å². The lowest BCUT2D eigenvalue weighted by Gasteiger charge is -2.16. The van der Waals surface area contributed by atoms with Crippen LogP contribution in [-0.4, -0.2) is 12.6 Å². The molecule has 0 bridgehead atoms. The summed E-state index contributed by atoms with van der Waals surface area (Å²) in [6.45, 7) is 11.5. The van der Waals surface area contributed by atoms with Crippen LogP contribution in [0.1, 0.15) is 27.2 Å². The molecule has 1 unspecified atom stereocenters. The van der Waals surface area contributed by atoms with Crippen LogP contribution in [0.3, 0.4) is 0 Å². The zero-order chi connectivity index (χ0) is 7.28. The van der Waals surface area contributed by atoms with Crippen molar-refractivity contribution in [2.75, 3.05) is 6.54 Å². The molecule has 0 aliphatic carbocycles. The third-order valence-electron chi connectivity index (χ3n) is 1.64. The Labute approximate surface area is 58.8 Å². The Bertz CT molecular complexity index is 59.6. The lowest BCUT2D eigenvalue weighted by atomic mass is 10.1. The molecule has 0 aromatic heterocycles. The van der Waals surface area contributed by atoms with Crippen molar-refractivity contribution in [2.45, 2.75) is 33.2 Å². The molecular formula is C8H18N. The van der Waals surface area contributed by atoms with E-state index in [9.17, 15) is 0 Å². The van der Waals surface area contributed by atoms with Gasteiger partial charge in [-0.3, -0.25) is 0 Å². The molecule has 0 amide bonds. The van der Waals surface area contributed by atoms with E-state index in [1.54, 1.807) is 0 Å². The molecule has 55 valence electrons. The van der Waals surface area contributed by atoms with Gasteiger partial charge in [-0.2, -0.15) is 0 Å². The summed E-state index contributed by atoms with van der Waals surface area (Å²) in [5, 5.41) is 3.37. The molecule has 1 atom stereocenters. The highest BCUT2D eigenvalue weighted by Crippen LogP contribution is 1.98. The van der Waals surface area contributed by atoms with Gasteiger partial charge in [0.2, 0.25) is 0 Å². The van der Waals surface area contributed by atoms with Crippen LogP contribution in [0.2, 0.25) is 0 Å². The average Bonchev–Trinajstić information content (AvgIpc) is 1.82. The van der Waals surface area contributed by atoms with E-state index in [0.717, 1.165) is 18.9 Å². The molecule has 0 saturated heterocycles. The number of nitrogens with one attached hydrogen (secondary N) is 1. The van der Waals surface area contributed by atoms with Gasteiger partial charge in [0.25, 0.3) is 0 Å². The van der Waals surface area contributed by atoms with Gasteiger partial charge >= 0.3 is 0 Å². The summed E-state index contributed by atoms with van der Waals surface area (Å²) in [7, 11) is 0. The number of hydrogen-bond acceptors (Lipinski definition) is 1. The summed E-state index contributed by atoms with van der Waals surface area (Å²) in [6.07, 6.45) is 0.983. The third-order valence-corrected chi connectivity index (χ3v) is 1.64. The Hall–Kier alpha value is -0.0400. The zero-order valence-corrected chi connectivity index (χ0v) is 6.78. The van der Waals surface area contributed by atoms with Crippen LogP contribution in [0.25, 0.3) is 0 Å². The highest BCUT2D eigenvalue weighted by atomic mass is 14.9. The summed E-state index contributed by atoms with van der Waals surface area (Å²) < 4.78 is 0. The molecule has 0 spiro atoms. The van der Waals surface area contributed by atoms with Crippen molar-refractivity contribution in [1.82, 2.24) is 5.32 Å². The molecule has 0 heterocycles. The minimum absolute atomic E-state index is 0.631. The normalized spacial score (nSPS) is 14.3. The first-order valence-corrected chi connectivity index (χ1v) is 3.71. The Kier molecular flexibility index (Phi) is 4.78. The second kappa shape index (κ2) is 4.80. The molecule has 0 saturated carbocycles. The van der Waals surface area contributed by atoms with Crippen molar-refractivity contribution in [3.05, 3.63) is 6.92 Å². The van der Waals surface area contributed by atoms with Gasteiger partial charge in [-0.05, 0) is 25.8 Å². The first-order chi connectivity index (χ1) is 4.18. The Morgan fingerprint density at radius 2 is 1.89 bits per heavy atom. The van der Waals surface area contributed by atoms with Crippen molar-refractivity contribution >= 4 is 0 Å². The van der Waals surface area contributed by atoms with Gasteiger partial charge in [0.15, 0.2) is 0 Å². The largest absolute Gasteiger partial charge is 0.314 e. The summed E-state index contributed by atoms with van der Waals surface area (Å²) in [5.74, 6) is 0.733. The van der Waals surface area contributed by atoms with E-state index in [2.05, 4.69) is 33.0 Å². The van der Waals surface area contributed by atoms with Gasteiger partial charge in [0.1, 0.15) is 0 Å². The molecule has 0 aromatic rings. The monoisotopic (exact) mass is 128 g/mol. The van der Waals surface area contributed by atoms with E-state index in [-0.39, 0.29) is 0 Å². The lowest BCUT2D eigenvalue weighted by Crippen LogP contribution is -2.31. The number of rotatable bonds is 4. The van der Waals surface area contributed by atoms with E-state index < -0.39 is 0 Å². The molecule has 0 aliphatic heterocycles. The predicted octanol–water partition coefficient (Wildman–Crippen LogP) is 1.84. The van der Waals surface area contributed by atoms with Crippen LogP contribution in [0.5, 0.6) is 0 Å². The average molecular weight is 128 g/mol. The zero-order valence-electron chi connectivity index (χ0n) is 6.78. The van der Waals surface area contributed by atoms with Gasteiger partial charge in [-0.15, -0.1) is 0 Å². The van der Waals surface area contributed by atoms with E-state index in [1.165, 1.54) is 0 Å².